The van der Waals surface area contributed by atoms with Crippen LogP contribution in [0.25, 0.3) is 50.5 Å². The lowest BCUT2D eigenvalue weighted by Crippen LogP contribution is -2.08. The minimum absolute atomic E-state index is 0.206. The van der Waals surface area contributed by atoms with Gasteiger partial charge in [0.1, 0.15) is 5.82 Å². The number of para-hydroxylation sites is 1. The van der Waals surface area contributed by atoms with Gasteiger partial charge in [-0.05, 0) is 60.7 Å². The summed E-state index contributed by atoms with van der Waals surface area (Å²) in [5.41, 5.74) is 9.43. The molecule has 3 aromatic carbocycles. The van der Waals surface area contributed by atoms with Crippen molar-refractivity contribution < 1.29 is 0 Å². The van der Waals surface area contributed by atoms with E-state index in [1.807, 2.05) is 25.1 Å². The van der Waals surface area contributed by atoms with Crippen LogP contribution in [-0.4, -0.2) is 40.4 Å². The molecule has 6 aromatic rings. The van der Waals surface area contributed by atoms with E-state index in [1.54, 1.807) is 6.07 Å². The zero-order valence-corrected chi connectivity index (χ0v) is 20.9. The smallest absolute Gasteiger partial charge is 0.264 e. The standard InChI is InChI=1S/C29H24N8O/c1-16-15-25(38)31-32-26(16)19-13-14-24-27(17(19)2)30-29(18-11-12-18)37(24)23-10-6-5-8-21(23)20-7-3-4-9-22(20)28-33-35-36-34-28/h3-10,13-15,18H,11-12H2,1-2H3,(H,31,38)(H,33,34,35,36). The van der Waals surface area contributed by atoms with Crippen LogP contribution in [0.4, 0.5) is 0 Å². The number of aromatic amines is 2. The molecule has 1 aliphatic rings. The van der Waals surface area contributed by atoms with Crippen LogP contribution in [0.15, 0.2) is 71.5 Å². The van der Waals surface area contributed by atoms with Crippen LogP contribution in [0.1, 0.15) is 35.7 Å². The summed E-state index contributed by atoms with van der Waals surface area (Å²) in [6.45, 7) is 3.99. The SMILES string of the molecule is Cc1cc(=O)[nH]nc1-c1ccc2c(nc(C3CC3)n2-c2ccccc2-c2ccccc2-c2nn[nH]n2)c1C. The van der Waals surface area contributed by atoms with Crippen molar-refractivity contribution in [3.05, 3.63) is 94.0 Å². The third-order valence-electron chi connectivity index (χ3n) is 7.25. The van der Waals surface area contributed by atoms with Crippen molar-refractivity contribution in [2.45, 2.75) is 32.6 Å². The lowest BCUT2D eigenvalue weighted by atomic mass is 9.97. The number of nitrogens with zero attached hydrogens (tertiary/aromatic N) is 6. The molecule has 1 saturated carbocycles. The van der Waals surface area contributed by atoms with Gasteiger partial charge in [0, 0.05) is 28.7 Å². The highest BCUT2D eigenvalue weighted by molar-refractivity contribution is 5.91. The topological polar surface area (TPSA) is 118 Å². The molecule has 38 heavy (non-hydrogen) atoms. The molecule has 7 rings (SSSR count). The Morgan fingerprint density at radius 3 is 2.37 bits per heavy atom. The van der Waals surface area contributed by atoms with Gasteiger partial charge in [-0.15, -0.1) is 10.2 Å². The first-order chi connectivity index (χ1) is 18.6. The second-order valence-corrected chi connectivity index (χ2v) is 9.75. The van der Waals surface area contributed by atoms with Gasteiger partial charge in [-0.2, -0.15) is 10.3 Å². The van der Waals surface area contributed by atoms with Gasteiger partial charge >= 0.3 is 0 Å². The Kier molecular flexibility index (Phi) is 5.04. The van der Waals surface area contributed by atoms with Gasteiger partial charge in [0.2, 0.25) is 5.82 Å². The molecule has 1 aliphatic carbocycles. The number of imidazole rings is 1. The Morgan fingerprint density at radius 1 is 0.868 bits per heavy atom. The van der Waals surface area contributed by atoms with Crippen LogP contribution in [0.2, 0.25) is 0 Å². The molecule has 0 atom stereocenters. The fraction of sp³-hybridized carbons (Fsp3) is 0.172. The summed E-state index contributed by atoms with van der Waals surface area (Å²) in [5, 5.41) is 21.7. The highest BCUT2D eigenvalue weighted by Gasteiger charge is 2.31. The van der Waals surface area contributed by atoms with Gasteiger partial charge in [0.05, 0.1) is 22.4 Å². The predicted octanol–water partition coefficient (Wildman–Crippen LogP) is 5.12. The lowest BCUT2D eigenvalue weighted by Gasteiger charge is -2.16. The Hall–Kier alpha value is -4.92. The summed E-state index contributed by atoms with van der Waals surface area (Å²) in [6, 6.07) is 22.3. The van der Waals surface area contributed by atoms with E-state index in [0.29, 0.717) is 11.7 Å². The minimum atomic E-state index is -0.206. The van der Waals surface area contributed by atoms with Crippen LogP contribution in [0.5, 0.6) is 0 Å². The maximum atomic E-state index is 11.8. The van der Waals surface area contributed by atoms with E-state index >= 15 is 0 Å². The molecule has 0 amide bonds. The first kappa shape index (κ1) is 22.3. The van der Waals surface area contributed by atoms with Crippen molar-refractivity contribution in [2.24, 2.45) is 0 Å². The van der Waals surface area contributed by atoms with Crippen molar-refractivity contribution >= 4 is 11.0 Å². The first-order valence-electron chi connectivity index (χ1n) is 12.6. The summed E-state index contributed by atoms with van der Waals surface area (Å²) in [5.74, 6) is 2.03. The first-order valence-corrected chi connectivity index (χ1v) is 12.6. The van der Waals surface area contributed by atoms with Gasteiger partial charge in [0.15, 0.2) is 0 Å². The second kappa shape index (κ2) is 8.58. The number of benzene rings is 3. The fourth-order valence-electron chi connectivity index (χ4n) is 5.27. The highest BCUT2D eigenvalue weighted by atomic mass is 16.1. The molecule has 0 unspecified atom stereocenters. The fourth-order valence-corrected chi connectivity index (χ4v) is 5.27. The number of aromatic nitrogens is 8. The number of tetrazole rings is 1. The predicted molar refractivity (Wildman–Crippen MR) is 145 cm³/mol. The van der Waals surface area contributed by atoms with Crippen LogP contribution < -0.4 is 5.56 Å². The number of aryl methyl sites for hydroxylation is 2. The third kappa shape index (κ3) is 3.54. The number of hydrogen-bond donors (Lipinski definition) is 2. The van der Waals surface area contributed by atoms with Crippen LogP contribution in [0.3, 0.4) is 0 Å². The monoisotopic (exact) mass is 500 g/mol. The van der Waals surface area contributed by atoms with Crippen LogP contribution >= 0.6 is 0 Å². The molecule has 0 radical (unpaired) electrons. The Labute approximate surface area is 217 Å². The molecule has 0 saturated heterocycles. The van der Waals surface area contributed by atoms with E-state index in [-0.39, 0.29) is 5.56 Å². The Balaban J connectivity index is 1.47. The average molecular weight is 501 g/mol. The molecular formula is C29H24N8O. The van der Waals surface area contributed by atoms with Crippen molar-refractivity contribution in [1.29, 1.82) is 0 Å². The average Bonchev–Trinajstić information content (AvgIpc) is 3.48. The van der Waals surface area contributed by atoms with E-state index in [4.69, 9.17) is 4.98 Å². The van der Waals surface area contributed by atoms with E-state index < -0.39 is 0 Å². The summed E-state index contributed by atoms with van der Waals surface area (Å²) >= 11 is 0. The molecule has 2 N–H and O–H groups in total. The number of fused-ring (bicyclic) bond motifs is 1. The largest absolute Gasteiger partial charge is 0.295 e. The van der Waals surface area contributed by atoms with Crippen molar-refractivity contribution in [3.8, 4) is 39.5 Å². The molecular weight excluding hydrogens is 476 g/mol. The molecule has 3 heterocycles. The highest BCUT2D eigenvalue weighted by Crippen LogP contribution is 2.44. The van der Waals surface area contributed by atoms with Gasteiger partial charge in [-0.1, -0.05) is 48.5 Å². The summed E-state index contributed by atoms with van der Waals surface area (Å²) < 4.78 is 2.30. The molecule has 0 spiro atoms. The van der Waals surface area contributed by atoms with Gasteiger partial charge in [-0.25, -0.2) is 10.1 Å². The molecule has 9 heteroatoms. The van der Waals surface area contributed by atoms with Crippen LogP contribution in [0, 0.1) is 13.8 Å². The quantitative estimate of drug-likeness (QED) is 0.339. The van der Waals surface area contributed by atoms with Crippen molar-refractivity contribution in [3.63, 3.8) is 0 Å². The number of H-pyrrole nitrogens is 2. The van der Waals surface area contributed by atoms with Crippen molar-refractivity contribution in [2.75, 3.05) is 0 Å². The minimum Gasteiger partial charge on any atom is -0.295 e. The molecule has 1 fully saturated rings. The van der Waals surface area contributed by atoms with Gasteiger partial charge < -0.3 is 0 Å². The maximum absolute atomic E-state index is 11.8. The lowest BCUT2D eigenvalue weighted by molar-refractivity contribution is 0.881. The zero-order chi connectivity index (χ0) is 25.8. The van der Waals surface area contributed by atoms with Gasteiger partial charge in [0.25, 0.3) is 5.56 Å². The zero-order valence-electron chi connectivity index (χ0n) is 20.9. The van der Waals surface area contributed by atoms with Crippen LogP contribution in [-0.2, 0) is 0 Å². The maximum Gasteiger partial charge on any atom is 0.264 e. The molecule has 186 valence electrons. The second-order valence-electron chi connectivity index (χ2n) is 9.75. The summed E-state index contributed by atoms with van der Waals surface area (Å²) in [6.07, 6.45) is 2.24. The molecule has 9 nitrogen and oxygen atoms in total. The number of nitrogens with one attached hydrogen (secondary N) is 2. The van der Waals surface area contributed by atoms with E-state index in [9.17, 15) is 4.79 Å². The molecule has 3 aromatic heterocycles. The third-order valence-corrected chi connectivity index (χ3v) is 7.25. The number of rotatable bonds is 5. The Morgan fingerprint density at radius 2 is 1.63 bits per heavy atom. The van der Waals surface area contributed by atoms with Gasteiger partial charge in [-0.3, -0.25) is 9.36 Å². The summed E-state index contributed by atoms with van der Waals surface area (Å²) in [4.78, 5) is 17.0. The molecule has 0 aliphatic heterocycles. The van der Waals surface area contributed by atoms with E-state index in [1.165, 1.54) is 0 Å². The number of hydrogen-bond acceptors (Lipinski definition) is 6. The normalized spacial score (nSPS) is 13.3. The van der Waals surface area contributed by atoms with E-state index in [2.05, 4.69) is 84.8 Å². The Bertz CT molecular complexity index is 1880. The van der Waals surface area contributed by atoms with E-state index in [0.717, 1.165) is 74.5 Å². The summed E-state index contributed by atoms with van der Waals surface area (Å²) in [7, 11) is 0. The molecule has 0 bridgehead atoms. The van der Waals surface area contributed by atoms with Crippen molar-refractivity contribution in [1.82, 2.24) is 40.4 Å².